The van der Waals surface area contributed by atoms with Crippen LogP contribution in [0.2, 0.25) is 0 Å². The summed E-state index contributed by atoms with van der Waals surface area (Å²) < 4.78 is 4.67. The average molecular weight is 180 g/mol. The molecule has 1 rings (SSSR count). The molecule has 0 aliphatic heterocycles. The summed E-state index contributed by atoms with van der Waals surface area (Å²) in [5.41, 5.74) is 5.34. The molecular weight excluding hydrogens is 172 g/mol. The van der Waals surface area contributed by atoms with Gasteiger partial charge in [0, 0.05) is 0 Å². The maximum Gasteiger partial charge on any atom is 0.357 e. The number of aromatic nitrogens is 2. The van der Waals surface area contributed by atoms with Crippen molar-refractivity contribution in [3.8, 4) is 6.07 Å². The molecule has 3 N–H and O–H groups in total. The highest BCUT2D eigenvalue weighted by Gasteiger charge is 2.17. The third-order valence-electron chi connectivity index (χ3n) is 1.39. The minimum Gasteiger partial charge on any atom is -0.461 e. The highest BCUT2D eigenvalue weighted by atomic mass is 16.5. The summed E-state index contributed by atoms with van der Waals surface area (Å²) >= 11 is 0. The van der Waals surface area contributed by atoms with Gasteiger partial charge in [0.05, 0.1) is 6.61 Å². The lowest BCUT2D eigenvalue weighted by Gasteiger charge is -1.97. The van der Waals surface area contributed by atoms with Crippen molar-refractivity contribution in [3.63, 3.8) is 0 Å². The number of nitrogens with two attached hydrogens (primary N) is 1. The number of anilines is 1. The lowest BCUT2D eigenvalue weighted by molar-refractivity contribution is 0.0519. The van der Waals surface area contributed by atoms with Gasteiger partial charge in [-0.25, -0.2) is 4.79 Å². The Morgan fingerprint density at radius 3 is 3.08 bits per heavy atom. The molecule has 0 aliphatic carbocycles. The normalized spacial score (nSPS) is 9.23. The van der Waals surface area contributed by atoms with E-state index in [0.29, 0.717) is 0 Å². The molecule has 1 aromatic rings. The largest absolute Gasteiger partial charge is 0.461 e. The standard InChI is InChI=1S/C7H8N4O2/c1-2-13-7(12)5-4(3-8)6(9)11-10-5/h2H2,1H3,(H3,9,10,11). The van der Waals surface area contributed by atoms with Crippen LogP contribution < -0.4 is 5.73 Å². The predicted octanol–water partition coefficient (Wildman–Crippen LogP) is 0.0403. The van der Waals surface area contributed by atoms with Gasteiger partial charge in [-0.1, -0.05) is 0 Å². The van der Waals surface area contributed by atoms with Gasteiger partial charge in [0.25, 0.3) is 0 Å². The van der Waals surface area contributed by atoms with Crippen molar-refractivity contribution >= 4 is 11.8 Å². The van der Waals surface area contributed by atoms with E-state index in [2.05, 4.69) is 14.9 Å². The van der Waals surface area contributed by atoms with Crippen molar-refractivity contribution in [1.82, 2.24) is 10.2 Å². The molecule has 0 atom stereocenters. The second-order valence-electron chi connectivity index (χ2n) is 2.19. The number of H-pyrrole nitrogens is 1. The third kappa shape index (κ3) is 1.59. The van der Waals surface area contributed by atoms with Gasteiger partial charge in [-0.05, 0) is 6.92 Å². The lowest BCUT2D eigenvalue weighted by atomic mass is 10.2. The number of hydrogen-bond acceptors (Lipinski definition) is 5. The van der Waals surface area contributed by atoms with Crippen LogP contribution in [-0.4, -0.2) is 22.8 Å². The molecular formula is C7H8N4O2. The van der Waals surface area contributed by atoms with E-state index in [1.165, 1.54) is 0 Å². The van der Waals surface area contributed by atoms with E-state index in [1.807, 2.05) is 0 Å². The lowest BCUT2D eigenvalue weighted by Crippen LogP contribution is -2.07. The number of ether oxygens (including phenoxy) is 1. The zero-order valence-corrected chi connectivity index (χ0v) is 7.00. The Balaban J connectivity index is 3.02. The van der Waals surface area contributed by atoms with Crippen LogP contribution in [0.15, 0.2) is 0 Å². The first-order chi connectivity index (χ1) is 6.20. The van der Waals surface area contributed by atoms with Crippen molar-refractivity contribution in [1.29, 1.82) is 5.26 Å². The van der Waals surface area contributed by atoms with E-state index >= 15 is 0 Å². The third-order valence-corrected chi connectivity index (χ3v) is 1.39. The van der Waals surface area contributed by atoms with Gasteiger partial charge in [0.15, 0.2) is 11.5 Å². The van der Waals surface area contributed by atoms with Crippen molar-refractivity contribution in [2.24, 2.45) is 0 Å². The average Bonchev–Trinajstić information content (AvgIpc) is 2.47. The molecule has 0 unspecified atom stereocenters. The zero-order valence-electron chi connectivity index (χ0n) is 7.00. The van der Waals surface area contributed by atoms with Crippen LogP contribution in [0, 0.1) is 11.3 Å². The molecule has 1 aromatic heterocycles. The van der Waals surface area contributed by atoms with Gasteiger partial charge in [-0.15, -0.1) is 0 Å². The van der Waals surface area contributed by atoms with Gasteiger partial charge in [0.2, 0.25) is 0 Å². The molecule has 0 saturated carbocycles. The summed E-state index contributed by atoms with van der Waals surface area (Å²) in [5.74, 6) is -0.617. The van der Waals surface area contributed by atoms with E-state index in [-0.39, 0.29) is 23.7 Å². The van der Waals surface area contributed by atoms with E-state index in [9.17, 15) is 4.79 Å². The quantitative estimate of drug-likeness (QED) is 0.625. The molecule has 0 spiro atoms. The molecule has 1 heterocycles. The van der Waals surface area contributed by atoms with Crippen LogP contribution in [0.1, 0.15) is 23.0 Å². The maximum absolute atomic E-state index is 11.1. The van der Waals surface area contributed by atoms with Gasteiger partial charge >= 0.3 is 5.97 Å². The van der Waals surface area contributed by atoms with Crippen LogP contribution in [0.3, 0.4) is 0 Å². The maximum atomic E-state index is 11.1. The van der Waals surface area contributed by atoms with Gasteiger partial charge in [-0.3, -0.25) is 5.10 Å². The number of carbonyl (C=O) groups is 1. The van der Waals surface area contributed by atoms with Crippen molar-refractivity contribution in [2.75, 3.05) is 12.3 Å². The molecule has 13 heavy (non-hydrogen) atoms. The Kier molecular flexibility index (Phi) is 2.50. The van der Waals surface area contributed by atoms with E-state index < -0.39 is 5.97 Å². The highest BCUT2D eigenvalue weighted by molar-refractivity contribution is 5.91. The van der Waals surface area contributed by atoms with E-state index in [0.717, 1.165) is 0 Å². The fourth-order valence-corrected chi connectivity index (χ4v) is 0.820. The zero-order chi connectivity index (χ0) is 9.84. The molecule has 0 bridgehead atoms. The summed E-state index contributed by atoms with van der Waals surface area (Å²) in [5, 5.41) is 14.5. The monoisotopic (exact) mass is 180 g/mol. The van der Waals surface area contributed by atoms with Crippen LogP contribution in [0.4, 0.5) is 5.82 Å². The summed E-state index contributed by atoms with van der Waals surface area (Å²) in [4.78, 5) is 11.1. The van der Waals surface area contributed by atoms with Gasteiger partial charge < -0.3 is 10.5 Å². The summed E-state index contributed by atoms with van der Waals surface area (Å²) in [6.45, 7) is 1.91. The first-order valence-electron chi connectivity index (χ1n) is 3.61. The number of nitriles is 1. The van der Waals surface area contributed by atoms with Crippen molar-refractivity contribution in [3.05, 3.63) is 11.3 Å². The van der Waals surface area contributed by atoms with Crippen molar-refractivity contribution in [2.45, 2.75) is 6.92 Å². The Labute approximate surface area is 74.3 Å². The summed E-state index contributed by atoms with van der Waals surface area (Å²) in [6, 6.07) is 1.76. The summed E-state index contributed by atoms with van der Waals surface area (Å²) in [6.07, 6.45) is 0. The molecule has 6 heteroatoms. The number of nitrogens with zero attached hydrogens (tertiary/aromatic N) is 2. The molecule has 0 fully saturated rings. The Morgan fingerprint density at radius 1 is 1.85 bits per heavy atom. The smallest absolute Gasteiger partial charge is 0.357 e. The topological polar surface area (TPSA) is 105 Å². The first kappa shape index (κ1) is 9.06. The fourth-order valence-electron chi connectivity index (χ4n) is 0.820. The molecule has 6 nitrogen and oxygen atoms in total. The number of rotatable bonds is 2. The van der Waals surface area contributed by atoms with Crippen LogP contribution in [0.25, 0.3) is 0 Å². The number of hydrogen-bond donors (Lipinski definition) is 2. The molecule has 0 radical (unpaired) electrons. The van der Waals surface area contributed by atoms with E-state index in [4.69, 9.17) is 11.0 Å². The van der Waals surface area contributed by atoms with Gasteiger partial charge in [-0.2, -0.15) is 10.4 Å². The minimum absolute atomic E-state index is 0.00171. The number of nitrogens with one attached hydrogen (secondary N) is 1. The Bertz CT molecular complexity index is 363. The van der Waals surface area contributed by atoms with Crippen LogP contribution in [0.5, 0.6) is 0 Å². The molecule has 0 aliphatic rings. The van der Waals surface area contributed by atoms with E-state index in [1.54, 1.807) is 13.0 Å². The summed E-state index contributed by atoms with van der Waals surface area (Å²) in [7, 11) is 0. The van der Waals surface area contributed by atoms with Gasteiger partial charge in [0.1, 0.15) is 11.6 Å². The second kappa shape index (κ2) is 3.58. The van der Waals surface area contributed by atoms with Crippen LogP contribution >= 0.6 is 0 Å². The number of nitrogen functional groups attached to an aromatic ring is 1. The number of carbonyl (C=O) groups excluding carboxylic acids is 1. The van der Waals surface area contributed by atoms with Crippen LogP contribution in [-0.2, 0) is 4.74 Å². The molecule has 0 saturated heterocycles. The molecule has 0 aromatic carbocycles. The Hall–Kier alpha value is -2.03. The molecule has 68 valence electrons. The highest BCUT2D eigenvalue weighted by Crippen LogP contribution is 2.12. The fraction of sp³-hybridized carbons (Fsp3) is 0.286. The first-order valence-corrected chi connectivity index (χ1v) is 3.61. The number of esters is 1. The second-order valence-corrected chi connectivity index (χ2v) is 2.19. The molecule has 0 amide bonds. The minimum atomic E-state index is -0.622. The Morgan fingerprint density at radius 2 is 2.54 bits per heavy atom. The van der Waals surface area contributed by atoms with Crippen molar-refractivity contribution < 1.29 is 9.53 Å². The SMILES string of the molecule is CCOC(=O)c1[nH]nc(N)c1C#N. The number of aromatic amines is 1. The predicted molar refractivity (Wildman–Crippen MR) is 43.7 cm³/mol.